The van der Waals surface area contributed by atoms with Crippen molar-refractivity contribution in [2.24, 2.45) is 11.7 Å². The Morgan fingerprint density at radius 3 is 2.95 bits per heavy atom. The van der Waals surface area contributed by atoms with E-state index in [1.165, 1.54) is 0 Å². The second-order valence-corrected chi connectivity index (χ2v) is 4.93. The molecule has 0 saturated heterocycles. The topological polar surface area (TPSA) is 83.8 Å². The zero-order chi connectivity index (χ0) is 13.9. The van der Waals surface area contributed by atoms with Crippen LogP contribution in [0.25, 0.3) is 11.3 Å². The number of H-pyrrole nitrogens is 1. The first kappa shape index (κ1) is 12.6. The number of amides is 1. The van der Waals surface area contributed by atoms with Crippen molar-refractivity contribution in [2.45, 2.75) is 12.5 Å². The molecule has 0 fully saturated rings. The van der Waals surface area contributed by atoms with E-state index in [2.05, 4.69) is 15.5 Å². The number of hydrogen-bond donors (Lipinski definition) is 3. The maximum atomic E-state index is 12.1. The first-order chi connectivity index (χ1) is 9.72. The number of nitrogens with two attached hydrogens (primary N) is 1. The third-order valence-electron chi connectivity index (χ3n) is 3.40. The summed E-state index contributed by atoms with van der Waals surface area (Å²) in [5, 5.41) is 9.76. The van der Waals surface area contributed by atoms with Crippen LogP contribution in [0.2, 0.25) is 0 Å². The maximum Gasteiger partial charge on any atom is 0.231 e. The average molecular weight is 268 g/mol. The van der Waals surface area contributed by atoms with Crippen LogP contribution >= 0.6 is 0 Å². The van der Waals surface area contributed by atoms with Crippen LogP contribution in [-0.4, -0.2) is 22.1 Å². The van der Waals surface area contributed by atoms with Gasteiger partial charge >= 0.3 is 0 Å². The molecule has 0 aliphatic heterocycles. The van der Waals surface area contributed by atoms with Gasteiger partial charge in [-0.2, -0.15) is 5.10 Å². The molecule has 5 heteroatoms. The molecular formula is C15H16N4O. The summed E-state index contributed by atoms with van der Waals surface area (Å²) in [5.74, 6) is -0.156. The molecule has 1 aliphatic rings. The van der Waals surface area contributed by atoms with Crippen molar-refractivity contribution >= 4 is 11.6 Å². The normalized spacial score (nSPS) is 21.1. The highest BCUT2D eigenvalue weighted by Gasteiger charge is 2.22. The summed E-state index contributed by atoms with van der Waals surface area (Å²) in [6.45, 7) is 0. The lowest BCUT2D eigenvalue weighted by molar-refractivity contribution is -0.118. The van der Waals surface area contributed by atoms with E-state index in [0.29, 0.717) is 6.42 Å². The molecule has 1 aliphatic carbocycles. The lowest BCUT2D eigenvalue weighted by Gasteiger charge is -2.11. The SMILES string of the molecule is NC1C=CC(C(=O)Nc2cccc(-c3ccn[nH]3)c2)C1. The summed E-state index contributed by atoms with van der Waals surface area (Å²) in [4.78, 5) is 12.1. The van der Waals surface area contributed by atoms with Gasteiger partial charge in [-0.05, 0) is 24.6 Å². The molecule has 102 valence electrons. The van der Waals surface area contributed by atoms with Gasteiger partial charge in [0.1, 0.15) is 0 Å². The molecule has 0 spiro atoms. The molecule has 2 atom stereocenters. The van der Waals surface area contributed by atoms with Crippen LogP contribution in [0.3, 0.4) is 0 Å². The van der Waals surface area contributed by atoms with Gasteiger partial charge in [-0.1, -0.05) is 24.3 Å². The lowest BCUT2D eigenvalue weighted by atomic mass is 10.1. The van der Waals surface area contributed by atoms with Gasteiger partial charge in [0, 0.05) is 23.5 Å². The summed E-state index contributed by atoms with van der Waals surface area (Å²) in [6.07, 6.45) is 6.13. The van der Waals surface area contributed by atoms with E-state index in [9.17, 15) is 4.79 Å². The molecule has 0 bridgehead atoms. The number of nitrogens with zero attached hydrogens (tertiary/aromatic N) is 1. The Hall–Kier alpha value is -2.40. The predicted octanol–water partition coefficient (Wildman–Crippen LogP) is 1.92. The van der Waals surface area contributed by atoms with Crippen molar-refractivity contribution in [1.29, 1.82) is 0 Å². The zero-order valence-corrected chi connectivity index (χ0v) is 10.9. The number of anilines is 1. The minimum absolute atomic E-state index is 0.0120. The third kappa shape index (κ3) is 2.62. The van der Waals surface area contributed by atoms with Gasteiger partial charge in [-0.3, -0.25) is 9.89 Å². The number of carbonyl (C=O) groups is 1. The predicted molar refractivity (Wildman–Crippen MR) is 77.9 cm³/mol. The van der Waals surface area contributed by atoms with Crippen molar-refractivity contribution in [3.63, 3.8) is 0 Å². The monoisotopic (exact) mass is 268 g/mol. The molecule has 5 nitrogen and oxygen atoms in total. The number of nitrogens with one attached hydrogen (secondary N) is 2. The molecule has 1 amide bonds. The van der Waals surface area contributed by atoms with Crippen molar-refractivity contribution in [1.82, 2.24) is 10.2 Å². The molecule has 3 rings (SSSR count). The van der Waals surface area contributed by atoms with E-state index in [1.807, 2.05) is 42.5 Å². The van der Waals surface area contributed by atoms with Gasteiger partial charge in [0.2, 0.25) is 5.91 Å². The van der Waals surface area contributed by atoms with Crippen LogP contribution in [0.5, 0.6) is 0 Å². The van der Waals surface area contributed by atoms with E-state index in [1.54, 1.807) is 6.20 Å². The Balaban J connectivity index is 1.73. The van der Waals surface area contributed by atoms with Gasteiger partial charge in [0.15, 0.2) is 0 Å². The summed E-state index contributed by atoms with van der Waals surface area (Å²) in [5.41, 5.74) is 8.45. The highest BCUT2D eigenvalue weighted by atomic mass is 16.1. The molecule has 4 N–H and O–H groups in total. The molecule has 1 aromatic carbocycles. The highest BCUT2D eigenvalue weighted by molar-refractivity contribution is 5.94. The standard InChI is InChI=1S/C15H16N4O/c16-12-5-4-11(8-12)15(20)18-13-3-1-2-10(9-13)14-6-7-17-19-14/h1-7,9,11-12H,8,16H2,(H,17,19)(H,18,20). The molecule has 2 aromatic rings. The van der Waals surface area contributed by atoms with Gasteiger partial charge in [0.05, 0.1) is 11.6 Å². The smallest absolute Gasteiger partial charge is 0.231 e. The number of benzene rings is 1. The fraction of sp³-hybridized carbons (Fsp3) is 0.200. The second kappa shape index (κ2) is 5.30. The Kier molecular flexibility index (Phi) is 3.35. The Morgan fingerprint density at radius 1 is 1.35 bits per heavy atom. The van der Waals surface area contributed by atoms with Crippen LogP contribution in [0.15, 0.2) is 48.7 Å². The van der Waals surface area contributed by atoms with Crippen molar-refractivity contribution in [2.75, 3.05) is 5.32 Å². The second-order valence-electron chi connectivity index (χ2n) is 4.93. The Morgan fingerprint density at radius 2 is 2.25 bits per heavy atom. The fourth-order valence-electron chi connectivity index (χ4n) is 2.34. The first-order valence-corrected chi connectivity index (χ1v) is 6.57. The summed E-state index contributed by atoms with van der Waals surface area (Å²) in [6, 6.07) is 9.54. The largest absolute Gasteiger partial charge is 0.326 e. The van der Waals surface area contributed by atoms with Crippen LogP contribution in [0.1, 0.15) is 6.42 Å². The van der Waals surface area contributed by atoms with Crippen LogP contribution in [-0.2, 0) is 4.79 Å². The maximum absolute atomic E-state index is 12.1. The molecule has 2 unspecified atom stereocenters. The number of aromatic amines is 1. The average Bonchev–Trinajstić information content (AvgIpc) is 3.10. The molecule has 1 aromatic heterocycles. The van der Waals surface area contributed by atoms with E-state index in [-0.39, 0.29) is 17.9 Å². The number of hydrogen-bond acceptors (Lipinski definition) is 3. The molecule has 0 saturated carbocycles. The Bertz CT molecular complexity index is 633. The lowest BCUT2D eigenvalue weighted by Crippen LogP contribution is -2.23. The van der Waals surface area contributed by atoms with Crippen LogP contribution < -0.4 is 11.1 Å². The number of carbonyl (C=O) groups excluding carboxylic acids is 1. The number of aromatic nitrogens is 2. The minimum atomic E-state index is -0.138. The minimum Gasteiger partial charge on any atom is -0.326 e. The van der Waals surface area contributed by atoms with Crippen LogP contribution in [0, 0.1) is 5.92 Å². The van der Waals surface area contributed by atoms with Crippen molar-refractivity contribution in [3.05, 3.63) is 48.7 Å². The van der Waals surface area contributed by atoms with Crippen molar-refractivity contribution in [3.8, 4) is 11.3 Å². The highest BCUT2D eigenvalue weighted by Crippen LogP contribution is 2.22. The Labute approximate surface area is 116 Å². The van der Waals surface area contributed by atoms with E-state index in [4.69, 9.17) is 5.73 Å². The zero-order valence-electron chi connectivity index (χ0n) is 10.9. The van der Waals surface area contributed by atoms with E-state index >= 15 is 0 Å². The van der Waals surface area contributed by atoms with Gasteiger partial charge < -0.3 is 11.1 Å². The summed E-state index contributed by atoms with van der Waals surface area (Å²) in [7, 11) is 0. The van der Waals surface area contributed by atoms with E-state index in [0.717, 1.165) is 16.9 Å². The van der Waals surface area contributed by atoms with Gasteiger partial charge in [-0.25, -0.2) is 0 Å². The summed E-state index contributed by atoms with van der Waals surface area (Å²) >= 11 is 0. The van der Waals surface area contributed by atoms with Crippen LogP contribution in [0.4, 0.5) is 5.69 Å². The van der Waals surface area contributed by atoms with Gasteiger partial charge in [0.25, 0.3) is 0 Å². The number of rotatable bonds is 3. The fourth-order valence-corrected chi connectivity index (χ4v) is 2.34. The van der Waals surface area contributed by atoms with E-state index < -0.39 is 0 Å². The molecule has 0 radical (unpaired) electrons. The molecule has 1 heterocycles. The first-order valence-electron chi connectivity index (χ1n) is 6.57. The van der Waals surface area contributed by atoms with Crippen molar-refractivity contribution < 1.29 is 4.79 Å². The summed E-state index contributed by atoms with van der Waals surface area (Å²) < 4.78 is 0. The quantitative estimate of drug-likeness (QED) is 0.743. The molecule has 20 heavy (non-hydrogen) atoms. The third-order valence-corrected chi connectivity index (χ3v) is 3.40. The molecular weight excluding hydrogens is 252 g/mol. The van der Waals surface area contributed by atoms with Gasteiger partial charge in [-0.15, -0.1) is 0 Å².